The molecule has 0 N–H and O–H groups in total. The SMILES string of the molecule is [Pd+2].[c-]1ccccc1C=Nc1cccnc1N=Cc1[c-]cccc1. The molecule has 0 saturated heterocycles. The summed E-state index contributed by atoms with van der Waals surface area (Å²) < 4.78 is 0. The molecule has 0 aliphatic rings. The van der Waals surface area contributed by atoms with Crippen molar-refractivity contribution in [1.29, 1.82) is 0 Å². The maximum atomic E-state index is 4.45. The van der Waals surface area contributed by atoms with Crippen molar-refractivity contribution in [3.8, 4) is 0 Å². The standard InChI is InChI=1S/C19H13N3.Pd/c1-3-8-16(9-4-1)14-21-18-12-7-13-20-19(18)22-15-17-10-5-2-6-11-17;/h1-8,10,12-15H;/q-2;+2. The smallest absolute Gasteiger partial charge is 0.301 e. The van der Waals surface area contributed by atoms with Gasteiger partial charge in [0.1, 0.15) is 0 Å². The van der Waals surface area contributed by atoms with E-state index in [0.29, 0.717) is 11.5 Å². The molecule has 0 atom stereocenters. The molecule has 3 rings (SSSR count). The van der Waals surface area contributed by atoms with Gasteiger partial charge in [0, 0.05) is 6.20 Å². The molecule has 0 bridgehead atoms. The van der Waals surface area contributed by atoms with Crippen LogP contribution >= 0.6 is 0 Å². The van der Waals surface area contributed by atoms with E-state index in [4.69, 9.17) is 0 Å². The fourth-order valence-corrected chi connectivity index (χ4v) is 1.83. The van der Waals surface area contributed by atoms with E-state index in [1.54, 1.807) is 18.6 Å². The number of aliphatic imine (C=N–C) groups is 2. The van der Waals surface area contributed by atoms with Gasteiger partial charge in [0.25, 0.3) is 0 Å². The fourth-order valence-electron chi connectivity index (χ4n) is 1.83. The third-order valence-electron chi connectivity index (χ3n) is 2.90. The average molecular weight is 390 g/mol. The molecule has 3 aromatic rings. The van der Waals surface area contributed by atoms with Crippen molar-refractivity contribution in [2.24, 2.45) is 9.98 Å². The van der Waals surface area contributed by atoms with Gasteiger partial charge in [0.05, 0.1) is 5.69 Å². The van der Waals surface area contributed by atoms with E-state index < -0.39 is 0 Å². The summed E-state index contributed by atoms with van der Waals surface area (Å²) in [7, 11) is 0. The first-order valence-corrected chi connectivity index (χ1v) is 6.88. The second kappa shape index (κ2) is 8.90. The molecule has 2 aromatic carbocycles. The Morgan fingerprint density at radius 3 is 2.04 bits per heavy atom. The van der Waals surface area contributed by atoms with Gasteiger partial charge in [-0.25, -0.2) is 4.98 Å². The Bertz CT molecular complexity index is 715. The largest absolute Gasteiger partial charge is 2.00 e. The van der Waals surface area contributed by atoms with Gasteiger partial charge in [-0.15, -0.1) is 71.8 Å². The summed E-state index contributed by atoms with van der Waals surface area (Å²) in [5.41, 5.74) is 2.53. The van der Waals surface area contributed by atoms with Gasteiger partial charge in [-0.05, 0) is 24.6 Å². The minimum Gasteiger partial charge on any atom is -0.301 e. The predicted molar refractivity (Wildman–Crippen MR) is 89.3 cm³/mol. The van der Waals surface area contributed by atoms with Crippen LogP contribution in [-0.4, -0.2) is 17.4 Å². The van der Waals surface area contributed by atoms with E-state index in [0.717, 1.165) is 11.1 Å². The van der Waals surface area contributed by atoms with Gasteiger partial charge in [-0.3, -0.25) is 4.99 Å². The molecule has 0 unspecified atom stereocenters. The summed E-state index contributed by atoms with van der Waals surface area (Å²) >= 11 is 0. The molecular weight excluding hydrogens is 377 g/mol. The van der Waals surface area contributed by atoms with Crippen LogP contribution in [0.5, 0.6) is 0 Å². The van der Waals surface area contributed by atoms with Crippen LogP contribution < -0.4 is 0 Å². The van der Waals surface area contributed by atoms with Crippen LogP contribution in [-0.2, 0) is 20.4 Å². The molecule has 114 valence electrons. The third kappa shape index (κ3) is 5.07. The Labute approximate surface area is 149 Å². The zero-order valence-corrected chi connectivity index (χ0v) is 13.7. The van der Waals surface area contributed by atoms with E-state index >= 15 is 0 Å². The van der Waals surface area contributed by atoms with Gasteiger partial charge in [0.2, 0.25) is 0 Å². The first-order chi connectivity index (χ1) is 10.9. The summed E-state index contributed by atoms with van der Waals surface area (Å²) in [6.07, 6.45) is 5.19. The maximum absolute atomic E-state index is 4.45. The van der Waals surface area contributed by atoms with Crippen molar-refractivity contribution in [2.75, 3.05) is 0 Å². The quantitative estimate of drug-likeness (QED) is 0.375. The van der Waals surface area contributed by atoms with E-state index in [-0.39, 0.29) is 20.4 Å². The molecule has 3 nitrogen and oxygen atoms in total. The third-order valence-corrected chi connectivity index (χ3v) is 2.90. The maximum Gasteiger partial charge on any atom is 2.00 e. The molecule has 4 heteroatoms. The van der Waals surface area contributed by atoms with Crippen molar-refractivity contribution < 1.29 is 20.4 Å². The van der Waals surface area contributed by atoms with Gasteiger partial charge in [0.15, 0.2) is 5.82 Å². The van der Waals surface area contributed by atoms with E-state index in [9.17, 15) is 0 Å². The summed E-state index contributed by atoms with van der Waals surface area (Å²) in [6, 6.07) is 25.3. The number of rotatable bonds is 4. The molecule has 1 heterocycles. The molecule has 0 spiro atoms. The van der Waals surface area contributed by atoms with Gasteiger partial charge >= 0.3 is 20.4 Å². The van der Waals surface area contributed by atoms with E-state index in [1.165, 1.54) is 0 Å². The first-order valence-electron chi connectivity index (χ1n) is 6.88. The van der Waals surface area contributed by atoms with Gasteiger partial charge < -0.3 is 4.99 Å². The van der Waals surface area contributed by atoms with Crippen LogP contribution in [0.15, 0.2) is 76.8 Å². The second-order valence-electron chi connectivity index (χ2n) is 4.50. The number of pyridine rings is 1. The minimum atomic E-state index is 0. The van der Waals surface area contributed by atoms with Gasteiger partial charge in [-0.2, -0.15) is 0 Å². The molecule has 0 amide bonds. The summed E-state index contributed by atoms with van der Waals surface area (Å²) in [5.74, 6) is 0.576. The van der Waals surface area contributed by atoms with Crippen LogP contribution in [0.1, 0.15) is 11.1 Å². The molecular formula is C19H13N3Pd. The molecule has 0 aliphatic carbocycles. The monoisotopic (exact) mass is 389 g/mol. The number of aromatic nitrogens is 1. The predicted octanol–water partition coefficient (Wildman–Crippen LogP) is 4.18. The molecule has 0 fully saturated rings. The van der Waals surface area contributed by atoms with Crippen LogP contribution in [0.4, 0.5) is 11.5 Å². The Morgan fingerprint density at radius 1 is 0.783 bits per heavy atom. The van der Waals surface area contributed by atoms with Gasteiger partial charge in [-0.1, -0.05) is 0 Å². The first kappa shape index (κ1) is 17.0. The normalized spacial score (nSPS) is 10.8. The minimum absolute atomic E-state index is 0. The number of benzene rings is 2. The summed E-state index contributed by atoms with van der Waals surface area (Å²) in [5, 5.41) is 0. The molecule has 0 radical (unpaired) electrons. The van der Waals surface area contributed by atoms with Crippen LogP contribution in [0, 0.1) is 12.1 Å². The Balaban J connectivity index is 0.00000192. The summed E-state index contributed by atoms with van der Waals surface area (Å²) in [6.45, 7) is 0. The van der Waals surface area contributed by atoms with Crippen molar-refractivity contribution in [2.45, 2.75) is 0 Å². The average Bonchev–Trinajstić information content (AvgIpc) is 2.61. The molecule has 23 heavy (non-hydrogen) atoms. The Kier molecular flexibility index (Phi) is 6.56. The van der Waals surface area contributed by atoms with Crippen molar-refractivity contribution in [1.82, 2.24) is 4.98 Å². The van der Waals surface area contributed by atoms with Crippen LogP contribution in [0.3, 0.4) is 0 Å². The number of hydrogen-bond donors (Lipinski definition) is 0. The fraction of sp³-hybridized carbons (Fsp3) is 0. The Morgan fingerprint density at radius 2 is 1.43 bits per heavy atom. The zero-order chi connectivity index (χ0) is 15.0. The van der Waals surface area contributed by atoms with Crippen LogP contribution in [0.2, 0.25) is 0 Å². The molecule has 0 aliphatic heterocycles. The number of hydrogen-bond acceptors (Lipinski definition) is 3. The van der Waals surface area contributed by atoms with E-state index in [1.807, 2.05) is 60.7 Å². The molecule has 1 aromatic heterocycles. The van der Waals surface area contributed by atoms with E-state index in [2.05, 4.69) is 27.1 Å². The van der Waals surface area contributed by atoms with Crippen LogP contribution in [0.25, 0.3) is 0 Å². The van der Waals surface area contributed by atoms with Crippen molar-refractivity contribution >= 4 is 23.9 Å². The summed E-state index contributed by atoms with van der Waals surface area (Å²) in [4.78, 5) is 13.1. The topological polar surface area (TPSA) is 37.6 Å². The Hall–Kier alpha value is -2.41. The second-order valence-corrected chi connectivity index (χ2v) is 4.50. The zero-order valence-electron chi connectivity index (χ0n) is 12.2. The van der Waals surface area contributed by atoms with Crippen molar-refractivity contribution in [3.05, 3.63) is 90.1 Å². The van der Waals surface area contributed by atoms with Crippen molar-refractivity contribution in [3.63, 3.8) is 0 Å². The number of nitrogens with zero attached hydrogens (tertiary/aromatic N) is 3. The molecule has 0 saturated carbocycles.